The molecule has 0 saturated carbocycles. The number of ether oxygens (including phenoxy) is 1. The largest absolute Gasteiger partial charge is 0.490 e. The van der Waals surface area contributed by atoms with E-state index in [0.717, 1.165) is 17.4 Å². The van der Waals surface area contributed by atoms with Gasteiger partial charge in [-0.1, -0.05) is 12.1 Å². The lowest BCUT2D eigenvalue weighted by atomic mass is 10.1. The highest BCUT2D eigenvalue weighted by Gasteiger charge is 2.19. The molecule has 3 aromatic carbocycles. The van der Waals surface area contributed by atoms with Gasteiger partial charge in [-0.2, -0.15) is 0 Å². The molecule has 3 rings (SSSR count). The number of para-hydroxylation sites is 1. The number of carbonyl (C=O) groups is 1. The number of nitrogens with one attached hydrogen (secondary N) is 3. The molecule has 3 aromatic rings. The summed E-state index contributed by atoms with van der Waals surface area (Å²) in [6, 6.07) is 15.7. The Morgan fingerprint density at radius 2 is 1.56 bits per heavy atom. The summed E-state index contributed by atoms with van der Waals surface area (Å²) < 4.78 is 57.6. The van der Waals surface area contributed by atoms with Crippen LogP contribution < -0.4 is 20.1 Å². The van der Waals surface area contributed by atoms with Crippen LogP contribution in [0.25, 0.3) is 0 Å². The zero-order valence-electron chi connectivity index (χ0n) is 20.5. The Bertz CT molecular complexity index is 1470. The molecule has 36 heavy (non-hydrogen) atoms. The van der Waals surface area contributed by atoms with Gasteiger partial charge in [0.05, 0.1) is 23.7 Å². The van der Waals surface area contributed by atoms with E-state index in [1.165, 1.54) is 30.3 Å². The summed E-state index contributed by atoms with van der Waals surface area (Å²) >= 11 is 0. The minimum absolute atomic E-state index is 0.0287. The fraction of sp³-hybridized carbons (Fsp3) is 0.240. The van der Waals surface area contributed by atoms with Crippen molar-refractivity contribution in [2.75, 3.05) is 34.8 Å². The summed E-state index contributed by atoms with van der Waals surface area (Å²) in [5.41, 5.74) is 3.27. The number of rotatable bonds is 10. The Morgan fingerprint density at radius 1 is 0.889 bits per heavy atom. The van der Waals surface area contributed by atoms with Crippen LogP contribution in [0.4, 0.5) is 17.1 Å². The predicted molar refractivity (Wildman–Crippen MR) is 141 cm³/mol. The van der Waals surface area contributed by atoms with E-state index in [1.54, 1.807) is 31.2 Å². The molecule has 0 spiro atoms. The van der Waals surface area contributed by atoms with Crippen LogP contribution in [0.2, 0.25) is 0 Å². The van der Waals surface area contributed by atoms with Gasteiger partial charge in [0.1, 0.15) is 4.90 Å². The van der Waals surface area contributed by atoms with Gasteiger partial charge in [0.15, 0.2) is 15.6 Å². The first kappa shape index (κ1) is 27.0. The van der Waals surface area contributed by atoms with Crippen LogP contribution in [0, 0.1) is 13.8 Å². The molecule has 0 bridgehead atoms. The Labute approximate surface area is 211 Å². The second-order valence-corrected chi connectivity index (χ2v) is 11.8. The summed E-state index contributed by atoms with van der Waals surface area (Å²) in [5.74, 6) is -0.257. The first-order valence-corrected chi connectivity index (χ1v) is 14.5. The van der Waals surface area contributed by atoms with Crippen LogP contribution in [-0.4, -0.2) is 42.2 Å². The molecule has 0 aliphatic heterocycles. The smallest absolute Gasteiger partial charge is 0.261 e. The van der Waals surface area contributed by atoms with Crippen molar-refractivity contribution >= 4 is 42.8 Å². The molecular formula is C25H29N3O6S2. The standard InChI is InChI=1S/C25H29N3O6S2/c1-5-34-25-22(7-6-8-23(25)35(4,30)31)26-16-24(29)27-19-11-13-21(14-12-19)36(32,33)28-20-10-9-17(2)18(3)15-20/h6-15,26,28H,5,16H2,1-4H3,(H,27,29). The molecule has 9 nitrogen and oxygen atoms in total. The quantitative estimate of drug-likeness (QED) is 0.361. The Hall–Kier alpha value is -3.57. The normalized spacial score (nSPS) is 11.6. The number of anilines is 3. The number of sulfonamides is 1. The van der Waals surface area contributed by atoms with Crippen molar-refractivity contribution < 1.29 is 26.4 Å². The van der Waals surface area contributed by atoms with Crippen LogP contribution in [0.1, 0.15) is 18.1 Å². The predicted octanol–water partition coefficient (Wildman–Crippen LogP) is 3.96. The van der Waals surface area contributed by atoms with Crippen molar-refractivity contribution in [3.8, 4) is 5.75 Å². The van der Waals surface area contributed by atoms with Crippen molar-refractivity contribution in [2.45, 2.75) is 30.6 Å². The number of sulfone groups is 1. The molecule has 0 aliphatic rings. The van der Waals surface area contributed by atoms with Gasteiger partial charge in [-0.05, 0) is 80.4 Å². The van der Waals surface area contributed by atoms with E-state index in [9.17, 15) is 21.6 Å². The van der Waals surface area contributed by atoms with Gasteiger partial charge in [-0.15, -0.1) is 0 Å². The SMILES string of the molecule is CCOc1c(NCC(=O)Nc2ccc(S(=O)(=O)Nc3ccc(C)c(C)c3)cc2)cccc1S(C)(=O)=O. The Kier molecular flexibility index (Phi) is 8.26. The number of carbonyl (C=O) groups excluding carboxylic acids is 1. The minimum Gasteiger partial charge on any atom is -0.490 e. The lowest BCUT2D eigenvalue weighted by molar-refractivity contribution is -0.114. The molecule has 0 fully saturated rings. The molecule has 0 aliphatic carbocycles. The van der Waals surface area contributed by atoms with E-state index in [4.69, 9.17) is 4.74 Å². The van der Waals surface area contributed by atoms with Crippen LogP contribution in [0.15, 0.2) is 70.5 Å². The number of hydrogen-bond acceptors (Lipinski definition) is 7. The molecule has 1 amide bonds. The number of amides is 1. The first-order valence-electron chi connectivity index (χ1n) is 11.1. The molecule has 3 N–H and O–H groups in total. The first-order chi connectivity index (χ1) is 16.9. The lowest BCUT2D eigenvalue weighted by Gasteiger charge is -2.15. The van der Waals surface area contributed by atoms with E-state index in [-0.39, 0.29) is 28.7 Å². The third-order valence-electron chi connectivity index (χ3n) is 5.31. The number of aryl methyl sites for hydroxylation is 2. The lowest BCUT2D eigenvalue weighted by Crippen LogP contribution is -2.22. The second-order valence-electron chi connectivity index (χ2n) is 8.17. The highest BCUT2D eigenvalue weighted by Crippen LogP contribution is 2.32. The zero-order valence-corrected chi connectivity index (χ0v) is 22.1. The summed E-state index contributed by atoms with van der Waals surface area (Å²) in [4.78, 5) is 12.5. The summed E-state index contributed by atoms with van der Waals surface area (Å²) in [6.45, 7) is 5.67. The van der Waals surface area contributed by atoms with Crippen molar-refractivity contribution in [2.24, 2.45) is 0 Å². The van der Waals surface area contributed by atoms with E-state index >= 15 is 0 Å². The molecule has 0 aromatic heterocycles. The fourth-order valence-corrected chi connectivity index (χ4v) is 5.24. The van der Waals surface area contributed by atoms with Crippen molar-refractivity contribution in [3.63, 3.8) is 0 Å². The van der Waals surface area contributed by atoms with Gasteiger partial charge in [0.2, 0.25) is 5.91 Å². The number of hydrogen-bond donors (Lipinski definition) is 3. The second kappa shape index (κ2) is 11.0. The average Bonchev–Trinajstić information content (AvgIpc) is 2.80. The molecule has 0 radical (unpaired) electrons. The van der Waals surface area contributed by atoms with Crippen molar-refractivity contribution in [3.05, 3.63) is 71.8 Å². The summed E-state index contributed by atoms with van der Waals surface area (Å²) in [5, 5.41) is 5.57. The summed E-state index contributed by atoms with van der Waals surface area (Å²) in [7, 11) is -7.32. The molecule has 0 atom stereocenters. The fourth-order valence-electron chi connectivity index (χ4n) is 3.36. The third-order valence-corrected chi connectivity index (χ3v) is 7.83. The van der Waals surface area contributed by atoms with E-state index in [1.807, 2.05) is 19.9 Å². The Balaban J connectivity index is 1.66. The van der Waals surface area contributed by atoms with E-state index < -0.39 is 25.8 Å². The minimum atomic E-state index is -3.80. The maximum Gasteiger partial charge on any atom is 0.261 e. The topological polar surface area (TPSA) is 131 Å². The van der Waals surface area contributed by atoms with Gasteiger partial charge in [-0.3, -0.25) is 9.52 Å². The molecular weight excluding hydrogens is 502 g/mol. The van der Waals surface area contributed by atoms with Crippen LogP contribution >= 0.6 is 0 Å². The van der Waals surface area contributed by atoms with Gasteiger partial charge in [-0.25, -0.2) is 16.8 Å². The Morgan fingerprint density at radius 3 is 2.17 bits per heavy atom. The van der Waals surface area contributed by atoms with Gasteiger partial charge >= 0.3 is 0 Å². The maximum atomic E-state index is 12.7. The average molecular weight is 532 g/mol. The van der Waals surface area contributed by atoms with E-state index in [0.29, 0.717) is 17.1 Å². The zero-order chi connectivity index (χ0) is 26.5. The summed E-state index contributed by atoms with van der Waals surface area (Å²) in [6.07, 6.45) is 1.09. The molecule has 11 heteroatoms. The highest BCUT2D eigenvalue weighted by atomic mass is 32.2. The third kappa shape index (κ3) is 6.76. The van der Waals surface area contributed by atoms with Gasteiger partial charge in [0.25, 0.3) is 10.0 Å². The number of benzene rings is 3. The van der Waals surface area contributed by atoms with Crippen molar-refractivity contribution in [1.82, 2.24) is 0 Å². The van der Waals surface area contributed by atoms with Crippen molar-refractivity contribution in [1.29, 1.82) is 0 Å². The molecule has 0 heterocycles. The van der Waals surface area contributed by atoms with Crippen LogP contribution in [0.5, 0.6) is 5.75 Å². The monoisotopic (exact) mass is 531 g/mol. The van der Waals surface area contributed by atoms with Crippen LogP contribution in [0.3, 0.4) is 0 Å². The molecule has 0 saturated heterocycles. The molecule has 192 valence electrons. The van der Waals surface area contributed by atoms with E-state index in [2.05, 4.69) is 15.4 Å². The van der Waals surface area contributed by atoms with Gasteiger partial charge < -0.3 is 15.4 Å². The molecule has 0 unspecified atom stereocenters. The highest BCUT2D eigenvalue weighted by molar-refractivity contribution is 7.92. The van der Waals surface area contributed by atoms with Crippen LogP contribution in [-0.2, 0) is 24.7 Å². The maximum absolute atomic E-state index is 12.7. The van der Waals surface area contributed by atoms with Gasteiger partial charge in [0, 0.05) is 17.6 Å².